The minimum Gasteiger partial charge on any atom is -0.373 e. The normalized spacial score (nSPS) is 16.6. The molecular weight excluding hydrogens is 375 g/mol. The molecule has 2 aromatic heterocycles. The minimum absolute atomic E-state index is 0.244. The Morgan fingerprint density at radius 3 is 2.61 bits per heavy atom. The number of alkyl halides is 3. The Labute approximate surface area is 157 Å². The number of aryl methyl sites for hydroxylation is 1. The van der Waals surface area contributed by atoms with Crippen molar-refractivity contribution in [2.45, 2.75) is 18.8 Å². The lowest BCUT2D eigenvalue weighted by Gasteiger charge is -2.24. The van der Waals surface area contributed by atoms with Crippen LogP contribution < -0.4 is 5.32 Å². The van der Waals surface area contributed by atoms with Gasteiger partial charge in [0.1, 0.15) is 5.69 Å². The molecule has 0 saturated heterocycles. The van der Waals surface area contributed by atoms with Gasteiger partial charge in [-0.3, -0.25) is 9.48 Å². The highest BCUT2D eigenvalue weighted by Crippen LogP contribution is 2.31. The van der Waals surface area contributed by atoms with Gasteiger partial charge < -0.3 is 10.1 Å². The van der Waals surface area contributed by atoms with Crippen LogP contribution in [0.2, 0.25) is 0 Å². The third kappa shape index (κ3) is 3.26. The van der Waals surface area contributed by atoms with E-state index in [-0.39, 0.29) is 19.1 Å². The van der Waals surface area contributed by atoms with Crippen molar-refractivity contribution in [2.24, 2.45) is 7.05 Å². The Morgan fingerprint density at radius 1 is 1.21 bits per heavy atom. The average Bonchev–Trinajstić information content (AvgIpc) is 3.28. The number of amides is 1. The van der Waals surface area contributed by atoms with Crippen LogP contribution in [-0.4, -0.2) is 32.1 Å². The maximum Gasteiger partial charge on any atom is 0.416 e. The number of benzene rings is 1. The molecule has 7 nitrogen and oxygen atoms in total. The Kier molecular flexibility index (Phi) is 4.42. The number of carbonyl (C=O) groups excluding carboxylic acids is 1. The highest BCUT2D eigenvalue weighted by atomic mass is 19.4. The standard InChI is InChI=1S/C18H16F3N5O2/c1-25-15(6-7-22-25)17(27)24-14-9-28-10-16-13(14)8-23-26(16)12-4-2-11(3-5-12)18(19,20)21/h2-8,14H,9-10H2,1H3,(H,24,27)/t14-/m1/s1. The highest BCUT2D eigenvalue weighted by Gasteiger charge is 2.31. The summed E-state index contributed by atoms with van der Waals surface area (Å²) in [6.07, 6.45) is -1.27. The van der Waals surface area contributed by atoms with E-state index in [4.69, 9.17) is 4.74 Å². The van der Waals surface area contributed by atoms with E-state index in [1.165, 1.54) is 27.7 Å². The van der Waals surface area contributed by atoms with Gasteiger partial charge in [0.2, 0.25) is 0 Å². The number of hydrogen-bond donors (Lipinski definition) is 1. The maximum atomic E-state index is 12.8. The van der Waals surface area contributed by atoms with Crippen LogP contribution in [0.4, 0.5) is 13.2 Å². The number of nitrogens with zero attached hydrogens (tertiary/aromatic N) is 4. The average molecular weight is 391 g/mol. The van der Waals surface area contributed by atoms with Gasteiger partial charge in [0.15, 0.2) is 0 Å². The van der Waals surface area contributed by atoms with Crippen LogP contribution in [0.25, 0.3) is 5.69 Å². The lowest BCUT2D eigenvalue weighted by atomic mass is 10.1. The Bertz CT molecular complexity index is 1010. The number of fused-ring (bicyclic) bond motifs is 1. The number of ether oxygens (including phenoxy) is 1. The quantitative estimate of drug-likeness (QED) is 0.745. The highest BCUT2D eigenvalue weighted by molar-refractivity contribution is 5.92. The van der Waals surface area contributed by atoms with Gasteiger partial charge in [-0.1, -0.05) is 0 Å². The summed E-state index contributed by atoms with van der Waals surface area (Å²) in [7, 11) is 1.67. The van der Waals surface area contributed by atoms with Crippen molar-refractivity contribution in [1.29, 1.82) is 0 Å². The molecule has 1 aromatic carbocycles. The smallest absolute Gasteiger partial charge is 0.373 e. The van der Waals surface area contributed by atoms with E-state index in [1.807, 2.05) is 0 Å². The monoisotopic (exact) mass is 391 g/mol. The number of rotatable bonds is 3. The Hall–Kier alpha value is -3.14. The van der Waals surface area contributed by atoms with E-state index < -0.39 is 17.8 Å². The molecule has 0 aliphatic carbocycles. The molecule has 0 fully saturated rings. The maximum absolute atomic E-state index is 12.8. The fourth-order valence-electron chi connectivity index (χ4n) is 3.15. The van der Waals surface area contributed by atoms with Crippen molar-refractivity contribution in [3.05, 3.63) is 65.2 Å². The molecule has 4 rings (SSSR count). The second kappa shape index (κ2) is 6.79. The molecule has 0 saturated carbocycles. The van der Waals surface area contributed by atoms with Gasteiger partial charge in [0.05, 0.1) is 42.4 Å². The molecule has 0 radical (unpaired) electrons. The van der Waals surface area contributed by atoms with Crippen LogP contribution in [0.15, 0.2) is 42.7 Å². The SMILES string of the molecule is Cn1nccc1C(=O)N[C@@H]1COCc2c1cnn2-c1ccc(C(F)(F)F)cc1. The predicted octanol–water partition coefficient (Wildman–Crippen LogP) is 2.63. The fraction of sp³-hybridized carbons (Fsp3) is 0.278. The van der Waals surface area contributed by atoms with Gasteiger partial charge in [-0.25, -0.2) is 4.68 Å². The number of nitrogens with one attached hydrogen (secondary N) is 1. The zero-order valence-corrected chi connectivity index (χ0v) is 14.8. The Morgan fingerprint density at radius 2 is 1.96 bits per heavy atom. The first-order valence-corrected chi connectivity index (χ1v) is 8.45. The second-order valence-corrected chi connectivity index (χ2v) is 6.38. The van der Waals surface area contributed by atoms with E-state index in [0.717, 1.165) is 17.7 Å². The first kappa shape index (κ1) is 18.2. The van der Waals surface area contributed by atoms with E-state index in [1.54, 1.807) is 19.3 Å². The third-order valence-corrected chi connectivity index (χ3v) is 4.60. The fourth-order valence-corrected chi connectivity index (χ4v) is 3.15. The molecule has 1 atom stereocenters. The summed E-state index contributed by atoms with van der Waals surface area (Å²) in [6.45, 7) is 0.518. The summed E-state index contributed by atoms with van der Waals surface area (Å²) in [6, 6.07) is 5.91. The van der Waals surface area contributed by atoms with Crippen LogP contribution in [0, 0.1) is 0 Å². The lowest BCUT2D eigenvalue weighted by molar-refractivity contribution is -0.137. The van der Waals surface area contributed by atoms with Gasteiger partial charge in [-0.05, 0) is 30.3 Å². The molecule has 0 bridgehead atoms. The van der Waals surface area contributed by atoms with Crippen molar-refractivity contribution in [2.75, 3.05) is 6.61 Å². The van der Waals surface area contributed by atoms with Gasteiger partial charge in [-0.15, -0.1) is 0 Å². The largest absolute Gasteiger partial charge is 0.416 e. The van der Waals surface area contributed by atoms with Crippen LogP contribution in [0.1, 0.15) is 33.4 Å². The number of hydrogen-bond acceptors (Lipinski definition) is 4. The topological polar surface area (TPSA) is 74.0 Å². The molecule has 28 heavy (non-hydrogen) atoms. The van der Waals surface area contributed by atoms with Gasteiger partial charge >= 0.3 is 6.18 Å². The summed E-state index contributed by atoms with van der Waals surface area (Å²) >= 11 is 0. The summed E-state index contributed by atoms with van der Waals surface area (Å²) < 4.78 is 46.9. The van der Waals surface area contributed by atoms with Gasteiger partial charge in [0, 0.05) is 18.8 Å². The number of halogens is 3. The molecule has 1 amide bonds. The molecule has 146 valence electrons. The molecule has 1 N–H and O–H groups in total. The third-order valence-electron chi connectivity index (χ3n) is 4.60. The Balaban J connectivity index is 1.59. The van der Waals surface area contributed by atoms with E-state index in [0.29, 0.717) is 17.1 Å². The number of carbonyl (C=O) groups is 1. The van der Waals surface area contributed by atoms with Crippen molar-refractivity contribution < 1.29 is 22.7 Å². The number of aromatic nitrogens is 4. The molecule has 3 heterocycles. The van der Waals surface area contributed by atoms with E-state index in [9.17, 15) is 18.0 Å². The first-order valence-electron chi connectivity index (χ1n) is 8.45. The van der Waals surface area contributed by atoms with Crippen molar-refractivity contribution >= 4 is 5.91 Å². The van der Waals surface area contributed by atoms with Crippen molar-refractivity contribution in [1.82, 2.24) is 24.9 Å². The van der Waals surface area contributed by atoms with Crippen LogP contribution in [-0.2, 0) is 24.6 Å². The summed E-state index contributed by atoms with van der Waals surface area (Å²) in [4.78, 5) is 12.5. The zero-order chi connectivity index (χ0) is 19.9. The molecule has 3 aromatic rings. The summed E-state index contributed by atoms with van der Waals surface area (Å²) in [5.41, 5.74) is 1.61. The molecule has 0 unspecified atom stereocenters. The van der Waals surface area contributed by atoms with Crippen molar-refractivity contribution in [3.8, 4) is 5.69 Å². The minimum atomic E-state index is -4.40. The first-order chi connectivity index (χ1) is 13.3. The second-order valence-electron chi connectivity index (χ2n) is 6.38. The molecule has 1 aliphatic rings. The molecule has 0 spiro atoms. The van der Waals surface area contributed by atoms with Gasteiger partial charge in [-0.2, -0.15) is 23.4 Å². The predicted molar refractivity (Wildman–Crippen MR) is 91.6 cm³/mol. The summed E-state index contributed by atoms with van der Waals surface area (Å²) in [5.74, 6) is -0.302. The summed E-state index contributed by atoms with van der Waals surface area (Å²) in [5, 5.41) is 11.1. The lowest BCUT2D eigenvalue weighted by Crippen LogP contribution is -2.35. The molecule has 10 heteroatoms. The van der Waals surface area contributed by atoms with E-state index in [2.05, 4.69) is 15.5 Å². The molecular formula is C18H16F3N5O2. The van der Waals surface area contributed by atoms with Crippen molar-refractivity contribution in [3.63, 3.8) is 0 Å². The van der Waals surface area contributed by atoms with Crippen LogP contribution >= 0.6 is 0 Å². The van der Waals surface area contributed by atoms with Crippen LogP contribution in [0.3, 0.4) is 0 Å². The van der Waals surface area contributed by atoms with Crippen LogP contribution in [0.5, 0.6) is 0 Å². The molecule has 1 aliphatic heterocycles. The zero-order valence-electron chi connectivity index (χ0n) is 14.8. The van der Waals surface area contributed by atoms with Gasteiger partial charge in [0.25, 0.3) is 5.91 Å². The van der Waals surface area contributed by atoms with E-state index >= 15 is 0 Å².